The molecule has 0 atom stereocenters. The Bertz CT molecular complexity index is 556. The monoisotopic (exact) mass is 315 g/mol. The molecule has 0 radical (unpaired) electrons. The highest BCUT2D eigenvalue weighted by Gasteiger charge is 2.22. The predicted octanol–water partition coefficient (Wildman–Crippen LogP) is 1.52. The van der Waals surface area contributed by atoms with Gasteiger partial charge in [0, 0.05) is 51.9 Å². The number of benzene rings is 1. The van der Waals surface area contributed by atoms with Crippen LogP contribution < -0.4 is 4.90 Å². The second-order valence-corrected chi connectivity index (χ2v) is 6.42. The molecule has 2 heterocycles. The Morgan fingerprint density at radius 1 is 0.870 bits per heavy atom. The summed E-state index contributed by atoms with van der Waals surface area (Å²) >= 11 is 0. The van der Waals surface area contributed by atoms with Gasteiger partial charge in [0.05, 0.1) is 6.42 Å². The Morgan fingerprint density at radius 2 is 1.43 bits per heavy atom. The molecule has 2 fully saturated rings. The summed E-state index contributed by atoms with van der Waals surface area (Å²) in [5, 5.41) is 0. The number of rotatable bonds is 3. The fourth-order valence-electron chi connectivity index (χ4n) is 3.36. The van der Waals surface area contributed by atoms with Gasteiger partial charge < -0.3 is 14.7 Å². The Hall–Kier alpha value is -2.04. The van der Waals surface area contributed by atoms with Crippen LogP contribution in [0.2, 0.25) is 0 Å². The van der Waals surface area contributed by atoms with E-state index in [1.165, 1.54) is 18.5 Å². The molecular formula is C18H25N3O2. The molecule has 2 saturated heterocycles. The van der Waals surface area contributed by atoms with Gasteiger partial charge in [-0.1, -0.05) is 12.1 Å². The van der Waals surface area contributed by atoms with Crippen molar-refractivity contribution >= 4 is 17.5 Å². The molecule has 1 aromatic rings. The zero-order valence-corrected chi connectivity index (χ0v) is 13.8. The Kier molecular flexibility index (Phi) is 4.84. The Labute approximate surface area is 137 Å². The van der Waals surface area contributed by atoms with Crippen LogP contribution in [0.4, 0.5) is 5.69 Å². The van der Waals surface area contributed by atoms with Crippen LogP contribution in [0.3, 0.4) is 0 Å². The first-order chi connectivity index (χ1) is 11.1. The second kappa shape index (κ2) is 7.02. The smallest absolute Gasteiger partial charge is 0.227 e. The summed E-state index contributed by atoms with van der Waals surface area (Å²) in [6.07, 6.45) is 2.99. The van der Waals surface area contributed by atoms with Crippen LogP contribution in [0.1, 0.15) is 25.3 Å². The Balaban J connectivity index is 1.52. The molecule has 1 aromatic carbocycles. The normalized spacial score (nSPS) is 18.4. The van der Waals surface area contributed by atoms with E-state index in [1.54, 1.807) is 11.8 Å². The summed E-state index contributed by atoms with van der Waals surface area (Å²) in [7, 11) is 0. The number of amides is 2. The fourth-order valence-corrected chi connectivity index (χ4v) is 3.36. The SMILES string of the molecule is CC(=O)N1CCN(C(=O)Cc2ccc(N3CCCC3)cc2)CC1. The van der Waals surface area contributed by atoms with Crippen LogP contribution in [0, 0.1) is 0 Å². The van der Waals surface area contributed by atoms with Crippen molar-refractivity contribution in [3.05, 3.63) is 29.8 Å². The van der Waals surface area contributed by atoms with Crippen LogP contribution in [0.15, 0.2) is 24.3 Å². The van der Waals surface area contributed by atoms with Crippen molar-refractivity contribution in [3.63, 3.8) is 0 Å². The maximum absolute atomic E-state index is 12.4. The van der Waals surface area contributed by atoms with E-state index < -0.39 is 0 Å². The molecule has 2 aliphatic rings. The third-order valence-corrected chi connectivity index (χ3v) is 4.84. The van der Waals surface area contributed by atoms with E-state index in [4.69, 9.17) is 0 Å². The first-order valence-electron chi connectivity index (χ1n) is 8.50. The van der Waals surface area contributed by atoms with Crippen molar-refractivity contribution in [2.24, 2.45) is 0 Å². The van der Waals surface area contributed by atoms with Gasteiger partial charge in [-0.05, 0) is 30.5 Å². The molecule has 0 N–H and O–H groups in total. The number of anilines is 1. The van der Waals surface area contributed by atoms with Crippen LogP contribution in [-0.4, -0.2) is 60.9 Å². The lowest BCUT2D eigenvalue weighted by Crippen LogP contribution is -2.50. The van der Waals surface area contributed by atoms with E-state index in [9.17, 15) is 9.59 Å². The molecule has 0 spiro atoms. The van der Waals surface area contributed by atoms with Gasteiger partial charge in [0.2, 0.25) is 11.8 Å². The topological polar surface area (TPSA) is 43.9 Å². The average molecular weight is 315 g/mol. The summed E-state index contributed by atoms with van der Waals surface area (Å²) in [6, 6.07) is 8.39. The van der Waals surface area contributed by atoms with Gasteiger partial charge in [-0.15, -0.1) is 0 Å². The lowest BCUT2D eigenvalue weighted by molar-refractivity contribution is -0.138. The minimum atomic E-state index is 0.0922. The molecule has 0 saturated carbocycles. The average Bonchev–Trinajstić information content (AvgIpc) is 3.10. The van der Waals surface area contributed by atoms with E-state index in [0.717, 1.165) is 18.7 Å². The van der Waals surface area contributed by atoms with Crippen molar-refractivity contribution in [2.75, 3.05) is 44.2 Å². The predicted molar refractivity (Wildman–Crippen MR) is 90.4 cm³/mol. The van der Waals surface area contributed by atoms with Gasteiger partial charge in [-0.3, -0.25) is 9.59 Å². The second-order valence-electron chi connectivity index (χ2n) is 6.42. The van der Waals surface area contributed by atoms with Crippen LogP contribution in [-0.2, 0) is 16.0 Å². The standard InChI is InChI=1S/C18H25N3O2/c1-15(22)19-10-12-21(13-11-19)18(23)14-16-4-6-17(7-5-16)20-8-2-3-9-20/h4-7H,2-3,8-14H2,1H3. The van der Waals surface area contributed by atoms with Crippen LogP contribution >= 0.6 is 0 Å². The summed E-state index contributed by atoms with van der Waals surface area (Å²) in [6.45, 7) is 6.44. The third-order valence-electron chi connectivity index (χ3n) is 4.84. The summed E-state index contributed by atoms with van der Waals surface area (Å²) in [5.41, 5.74) is 2.32. The molecular weight excluding hydrogens is 290 g/mol. The van der Waals surface area contributed by atoms with E-state index in [0.29, 0.717) is 32.6 Å². The molecule has 0 aromatic heterocycles. The molecule has 23 heavy (non-hydrogen) atoms. The summed E-state index contributed by atoms with van der Waals surface area (Å²) in [4.78, 5) is 29.8. The number of hydrogen-bond acceptors (Lipinski definition) is 3. The molecule has 2 aliphatic heterocycles. The maximum Gasteiger partial charge on any atom is 0.227 e. The molecule has 0 unspecified atom stereocenters. The van der Waals surface area contributed by atoms with Gasteiger partial charge >= 0.3 is 0 Å². The largest absolute Gasteiger partial charge is 0.372 e. The zero-order valence-electron chi connectivity index (χ0n) is 13.8. The minimum Gasteiger partial charge on any atom is -0.372 e. The zero-order chi connectivity index (χ0) is 16.2. The molecule has 5 heteroatoms. The van der Waals surface area contributed by atoms with Crippen LogP contribution in [0.25, 0.3) is 0 Å². The highest BCUT2D eigenvalue weighted by molar-refractivity contribution is 5.79. The van der Waals surface area contributed by atoms with Gasteiger partial charge in [0.1, 0.15) is 0 Å². The number of carbonyl (C=O) groups is 2. The van der Waals surface area contributed by atoms with Gasteiger partial charge in [-0.25, -0.2) is 0 Å². The van der Waals surface area contributed by atoms with Gasteiger partial charge in [0.15, 0.2) is 0 Å². The van der Waals surface area contributed by atoms with E-state index >= 15 is 0 Å². The van der Waals surface area contributed by atoms with Crippen molar-refractivity contribution < 1.29 is 9.59 Å². The van der Waals surface area contributed by atoms with Gasteiger partial charge in [0.25, 0.3) is 0 Å². The molecule has 0 aliphatic carbocycles. The third kappa shape index (κ3) is 3.84. The highest BCUT2D eigenvalue weighted by Crippen LogP contribution is 2.20. The van der Waals surface area contributed by atoms with E-state index in [2.05, 4.69) is 29.2 Å². The number of hydrogen-bond donors (Lipinski definition) is 0. The summed E-state index contributed by atoms with van der Waals surface area (Å²) < 4.78 is 0. The highest BCUT2D eigenvalue weighted by atomic mass is 16.2. The van der Waals surface area contributed by atoms with Crippen molar-refractivity contribution in [2.45, 2.75) is 26.2 Å². The number of piperazine rings is 1. The molecule has 0 bridgehead atoms. The van der Waals surface area contributed by atoms with E-state index in [-0.39, 0.29) is 11.8 Å². The van der Waals surface area contributed by atoms with E-state index in [1.807, 2.05) is 4.90 Å². The fraction of sp³-hybridized carbons (Fsp3) is 0.556. The Morgan fingerprint density at radius 3 is 2.00 bits per heavy atom. The van der Waals surface area contributed by atoms with Crippen molar-refractivity contribution in [1.29, 1.82) is 0 Å². The quantitative estimate of drug-likeness (QED) is 0.849. The lowest BCUT2D eigenvalue weighted by Gasteiger charge is -2.34. The first-order valence-corrected chi connectivity index (χ1v) is 8.50. The van der Waals surface area contributed by atoms with Crippen molar-refractivity contribution in [1.82, 2.24) is 9.80 Å². The molecule has 124 valence electrons. The summed E-state index contributed by atoms with van der Waals surface area (Å²) in [5.74, 6) is 0.247. The van der Waals surface area contributed by atoms with Crippen molar-refractivity contribution in [3.8, 4) is 0 Å². The number of nitrogens with zero attached hydrogens (tertiary/aromatic N) is 3. The lowest BCUT2D eigenvalue weighted by atomic mass is 10.1. The molecule has 3 rings (SSSR count). The first kappa shape index (κ1) is 15.8. The number of carbonyl (C=O) groups excluding carboxylic acids is 2. The molecule has 2 amide bonds. The molecule has 5 nitrogen and oxygen atoms in total. The minimum absolute atomic E-state index is 0.0922. The maximum atomic E-state index is 12.4. The van der Waals surface area contributed by atoms with Crippen LogP contribution in [0.5, 0.6) is 0 Å². The van der Waals surface area contributed by atoms with Gasteiger partial charge in [-0.2, -0.15) is 0 Å².